The highest BCUT2D eigenvalue weighted by Crippen LogP contribution is 2.58. The van der Waals surface area contributed by atoms with Crippen LogP contribution in [0.3, 0.4) is 0 Å². The number of hydrogen-bond acceptors (Lipinski definition) is 1. The summed E-state index contributed by atoms with van der Waals surface area (Å²) >= 11 is 0. The lowest BCUT2D eigenvalue weighted by atomic mass is 9.49. The summed E-state index contributed by atoms with van der Waals surface area (Å²) in [5.41, 5.74) is 1.90. The van der Waals surface area contributed by atoms with Crippen molar-refractivity contribution in [1.29, 1.82) is 0 Å². The fourth-order valence-corrected chi connectivity index (χ4v) is 4.34. The fraction of sp³-hybridized carbons (Fsp3) is 0.800. The maximum absolute atomic E-state index is 11.4. The Balaban J connectivity index is 2.42. The highest BCUT2D eigenvalue weighted by atomic mass is 16.1. The Bertz CT molecular complexity index is 326. The minimum Gasteiger partial charge on any atom is -0.303 e. The van der Waals surface area contributed by atoms with Gasteiger partial charge in [-0.15, -0.1) is 0 Å². The number of allylic oxidation sites excluding steroid dienone is 2. The van der Waals surface area contributed by atoms with E-state index in [1.165, 1.54) is 37.5 Å². The minimum absolute atomic E-state index is 0.158. The van der Waals surface area contributed by atoms with Crippen molar-refractivity contribution in [1.82, 2.24) is 0 Å². The fourth-order valence-electron chi connectivity index (χ4n) is 4.34. The topological polar surface area (TPSA) is 17.1 Å². The van der Waals surface area contributed by atoms with Gasteiger partial charge in [-0.2, -0.15) is 0 Å². The highest BCUT2D eigenvalue weighted by Gasteiger charge is 2.51. The standard InChI is InChI=1S/C15H24O/c1-11-6-7-13-14(2,3)8-5-9-15(13,4)12(11)10-16/h6,10,12-13H,5,7-9H2,1-4H3/t12-,13-,15-/m0/s1. The Morgan fingerprint density at radius 2 is 2.00 bits per heavy atom. The molecule has 0 aromatic rings. The van der Waals surface area contributed by atoms with Crippen LogP contribution < -0.4 is 0 Å². The van der Waals surface area contributed by atoms with Crippen molar-refractivity contribution in [3.8, 4) is 0 Å². The Labute approximate surface area is 99.3 Å². The summed E-state index contributed by atoms with van der Waals surface area (Å²) in [4.78, 5) is 11.4. The van der Waals surface area contributed by atoms with Gasteiger partial charge in [-0.25, -0.2) is 0 Å². The van der Waals surface area contributed by atoms with Crippen LogP contribution in [0.5, 0.6) is 0 Å². The molecule has 2 rings (SSSR count). The summed E-state index contributed by atoms with van der Waals surface area (Å²) in [6.07, 6.45) is 8.47. The predicted octanol–water partition coefficient (Wildman–Crippen LogP) is 3.98. The van der Waals surface area contributed by atoms with Crippen molar-refractivity contribution >= 4 is 6.29 Å². The molecular weight excluding hydrogens is 196 g/mol. The van der Waals surface area contributed by atoms with E-state index in [0.717, 1.165) is 0 Å². The largest absolute Gasteiger partial charge is 0.303 e. The first-order chi connectivity index (χ1) is 7.42. The Morgan fingerprint density at radius 3 is 2.62 bits per heavy atom. The number of carbonyl (C=O) groups is 1. The normalized spacial score (nSPS) is 42.1. The van der Waals surface area contributed by atoms with Crippen molar-refractivity contribution in [3.63, 3.8) is 0 Å². The van der Waals surface area contributed by atoms with Crippen LogP contribution in [0.1, 0.15) is 53.4 Å². The molecule has 1 nitrogen and oxygen atoms in total. The molecule has 0 aromatic heterocycles. The Morgan fingerprint density at radius 1 is 1.31 bits per heavy atom. The SMILES string of the molecule is CC1=CC[C@H]2C(C)(C)CCC[C@@]2(C)[C@H]1C=O. The van der Waals surface area contributed by atoms with E-state index in [2.05, 4.69) is 33.8 Å². The minimum atomic E-state index is 0.158. The van der Waals surface area contributed by atoms with Crippen molar-refractivity contribution in [2.45, 2.75) is 53.4 Å². The number of carbonyl (C=O) groups excluding carboxylic acids is 1. The van der Waals surface area contributed by atoms with E-state index in [4.69, 9.17) is 0 Å². The zero-order chi connectivity index (χ0) is 12.0. The quantitative estimate of drug-likeness (QED) is 0.482. The van der Waals surface area contributed by atoms with Gasteiger partial charge in [-0.05, 0) is 42.9 Å². The van der Waals surface area contributed by atoms with Crippen LogP contribution in [0.4, 0.5) is 0 Å². The molecule has 2 aliphatic rings. The van der Waals surface area contributed by atoms with E-state index in [1.807, 2.05) is 0 Å². The molecule has 2 aliphatic carbocycles. The summed E-state index contributed by atoms with van der Waals surface area (Å²) in [6.45, 7) is 9.23. The van der Waals surface area contributed by atoms with E-state index >= 15 is 0 Å². The molecule has 0 N–H and O–H groups in total. The van der Waals surface area contributed by atoms with Gasteiger partial charge in [0.15, 0.2) is 0 Å². The van der Waals surface area contributed by atoms with E-state index < -0.39 is 0 Å². The van der Waals surface area contributed by atoms with Gasteiger partial charge in [0.1, 0.15) is 6.29 Å². The first kappa shape index (κ1) is 11.9. The van der Waals surface area contributed by atoms with E-state index in [0.29, 0.717) is 11.3 Å². The number of rotatable bonds is 1. The molecule has 0 unspecified atom stereocenters. The molecule has 90 valence electrons. The van der Waals surface area contributed by atoms with E-state index in [1.54, 1.807) is 0 Å². The molecule has 0 aromatic carbocycles. The van der Waals surface area contributed by atoms with Crippen LogP contribution in [0.25, 0.3) is 0 Å². The number of fused-ring (bicyclic) bond motifs is 1. The third-order valence-electron chi connectivity index (χ3n) is 5.29. The van der Waals surface area contributed by atoms with Gasteiger partial charge in [-0.3, -0.25) is 0 Å². The Kier molecular flexibility index (Phi) is 2.76. The average Bonchev–Trinajstić information content (AvgIpc) is 2.15. The average molecular weight is 220 g/mol. The molecule has 3 atom stereocenters. The van der Waals surface area contributed by atoms with Crippen LogP contribution >= 0.6 is 0 Å². The zero-order valence-corrected chi connectivity index (χ0v) is 11.0. The maximum Gasteiger partial charge on any atom is 0.127 e. The summed E-state index contributed by atoms with van der Waals surface area (Å²) in [7, 11) is 0. The third kappa shape index (κ3) is 1.56. The van der Waals surface area contributed by atoms with Gasteiger partial charge in [-0.1, -0.05) is 38.8 Å². The molecular formula is C15H24O. The maximum atomic E-state index is 11.4. The lowest BCUT2D eigenvalue weighted by Gasteiger charge is -2.55. The predicted molar refractivity (Wildman–Crippen MR) is 67.2 cm³/mol. The second-order valence-corrected chi connectivity index (χ2v) is 6.70. The smallest absolute Gasteiger partial charge is 0.127 e. The number of hydrogen-bond donors (Lipinski definition) is 0. The molecule has 1 heteroatoms. The van der Waals surface area contributed by atoms with Gasteiger partial charge < -0.3 is 4.79 Å². The van der Waals surface area contributed by atoms with Crippen molar-refractivity contribution in [2.75, 3.05) is 0 Å². The molecule has 0 radical (unpaired) electrons. The van der Waals surface area contributed by atoms with Crippen molar-refractivity contribution in [2.24, 2.45) is 22.7 Å². The molecule has 1 saturated carbocycles. The first-order valence-electron chi connectivity index (χ1n) is 6.54. The Hall–Kier alpha value is -0.590. The third-order valence-corrected chi connectivity index (χ3v) is 5.29. The summed E-state index contributed by atoms with van der Waals surface area (Å²) in [6, 6.07) is 0. The molecule has 0 bridgehead atoms. The molecule has 1 fully saturated rings. The second-order valence-electron chi connectivity index (χ2n) is 6.70. The molecule has 0 amide bonds. The van der Waals surface area contributed by atoms with Crippen LogP contribution in [0, 0.1) is 22.7 Å². The molecule has 0 saturated heterocycles. The van der Waals surface area contributed by atoms with Crippen LogP contribution in [-0.2, 0) is 4.79 Å². The lowest BCUT2D eigenvalue weighted by Crippen LogP contribution is -2.48. The second kappa shape index (κ2) is 3.72. The van der Waals surface area contributed by atoms with Crippen LogP contribution in [0.15, 0.2) is 11.6 Å². The summed E-state index contributed by atoms with van der Waals surface area (Å²) in [5.74, 6) is 0.832. The van der Waals surface area contributed by atoms with E-state index in [-0.39, 0.29) is 11.3 Å². The summed E-state index contributed by atoms with van der Waals surface area (Å²) in [5, 5.41) is 0. The van der Waals surface area contributed by atoms with Crippen LogP contribution in [-0.4, -0.2) is 6.29 Å². The number of aldehydes is 1. The monoisotopic (exact) mass is 220 g/mol. The van der Waals surface area contributed by atoms with Gasteiger partial charge in [0.05, 0.1) is 0 Å². The summed E-state index contributed by atoms with van der Waals surface area (Å²) < 4.78 is 0. The van der Waals surface area contributed by atoms with Gasteiger partial charge in [0.2, 0.25) is 0 Å². The lowest BCUT2D eigenvalue weighted by molar-refractivity contribution is -0.119. The van der Waals surface area contributed by atoms with Gasteiger partial charge in [0.25, 0.3) is 0 Å². The molecule has 0 spiro atoms. The first-order valence-corrected chi connectivity index (χ1v) is 6.54. The van der Waals surface area contributed by atoms with Gasteiger partial charge in [0, 0.05) is 5.92 Å². The zero-order valence-electron chi connectivity index (χ0n) is 11.0. The van der Waals surface area contributed by atoms with E-state index in [9.17, 15) is 4.79 Å². The molecule has 16 heavy (non-hydrogen) atoms. The van der Waals surface area contributed by atoms with Crippen LogP contribution in [0.2, 0.25) is 0 Å². The molecule has 0 heterocycles. The van der Waals surface area contributed by atoms with Crippen molar-refractivity contribution in [3.05, 3.63) is 11.6 Å². The van der Waals surface area contributed by atoms with Gasteiger partial charge >= 0.3 is 0 Å². The van der Waals surface area contributed by atoms with Crippen molar-refractivity contribution < 1.29 is 4.79 Å². The molecule has 0 aliphatic heterocycles. The highest BCUT2D eigenvalue weighted by molar-refractivity contribution is 5.61.